The molecular formula is C10H19N5O3S. The second kappa shape index (κ2) is 6.02. The first-order valence-corrected chi connectivity index (χ1v) is 7.39. The van der Waals surface area contributed by atoms with Crippen LogP contribution >= 0.6 is 0 Å². The molecule has 0 fully saturated rings. The van der Waals surface area contributed by atoms with Crippen molar-refractivity contribution >= 4 is 21.6 Å². The molecule has 108 valence electrons. The number of nitrogens with two attached hydrogens (primary N) is 1. The van der Waals surface area contributed by atoms with E-state index in [4.69, 9.17) is 5.73 Å². The number of nitrogens with zero attached hydrogens (tertiary/aromatic N) is 2. The van der Waals surface area contributed by atoms with Crippen LogP contribution in [0.3, 0.4) is 0 Å². The van der Waals surface area contributed by atoms with Gasteiger partial charge >= 0.3 is 0 Å². The van der Waals surface area contributed by atoms with Crippen LogP contribution in [0.25, 0.3) is 0 Å². The van der Waals surface area contributed by atoms with Gasteiger partial charge in [0.1, 0.15) is 6.54 Å². The summed E-state index contributed by atoms with van der Waals surface area (Å²) in [4.78, 5) is 11.6. The molecule has 19 heavy (non-hydrogen) atoms. The highest BCUT2D eigenvalue weighted by atomic mass is 32.2. The third-order valence-electron chi connectivity index (χ3n) is 2.73. The monoisotopic (exact) mass is 289 g/mol. The van der Waals surface area contributed by atoms with Gasteiger partial charge in [-0.15, -0.1) is 0 Å². The molecule has 8 nitrogen and oxygen atoms in total. The van der Waals surface area contributed by atoms with Crippen molar-refractivity contribution in [3.63, 3.8) is 0 Å². The highest BCUT2D eigenvalue weighted by molar-refractivity contribution is 7.89. The zero-order valence-electron chi connectivity index (χ0n) is 11.2. The van der Waals surface area contributed by atoms with Gasteiger partial charge in [-0.3, -0.25) is 9.48 Å². The second-order valence-corrected chi connectivity index (χ2v) is 6.16. The summed E-state index contributed by atoms with van der Waals surface area (Å²) in [5.74, 6) is -0.467. The van der Waals surface area contributed by atoms with E-state index in [1.54, 1.807) is 13.8 Å². The van der Waals surface area contributed by atoms with Gasteiger partial charge < -0.3 is 11.1 Å². The first kappa shape index (κ1) is 15.4. The summed E-state index contributed by atoms with van der Waals surface area (Å²) in [6.45, 7) is 3.60. The Morgan fingerprint density at radius 2 is 2.05 bits per heavy atom. The molecule has 1 aromatic heterocycles. The molecule has 1 aromatic rings. The minimum absolute atomic E-state index is 0.0173. The normalized spacial score (nSPS) is 11.5. The summed E-state index contributed by atoms with van der Waals surface area (Å²) in [6, 6.07) is 0. The maximum atomic E-state index is 11.6. The summed E-state index contributed by atoms with van der Waals surface area (Å²) in [5.41, 5.74) is 7.70. The maximum Gasteiger partial charge on any atom is 0.241 e. The molecule has 1 rings (SSSR count). The molecule has 1 heterocycles. The average Bonchev–Trinajstić information content (AvgIpc) is 2.57. The van der Waals surface area contributed by atoms with E-state index in [-0.39, 0.29) is 24.7 Å². The number of amides is 1. The van der Waals surface area contributed by atoms with Gasteiger partial charge in [0.2, 0.25) is 15.9 Å². The molecule has 0 spiro atoms. The number of carbonyl (C=O) groups is 1. The van der Waals surface area contributed by atoms with Gasteiger partial charge in [-0.25, -0.2) is 13.1 Å². The molecule has 0 saturated heterocycles. The van der Waals surface area contributed by atoms with E-state index in [1.165, 1.54) is 11.7 Å². The molecule has 0 aliphatic rings. The summed E-state index contributed by atoms with van der Waals surface area (Å²) in [5, 5.41) is 6.64. The molecule has 9 heteroatoms. The lowest BCUT2D eigenvalue weighted by Gasteiger charge is -2.07. The fourth-order valence-electron chi connectivity index (χ4n) is 1.48. The fraction of sp³-hybridized carbons (Fsp3) is 0.600. The molecule has 0 atom stereocenters. The van der Waals surface area contributed by atoms with Crippen LogP contribution in [0.5, 0.6) is 0 Å². The van der Waals surface area contributed by atoms with Gasteiger partial charge in [0.05, 0.1) is 22.8 Å². The number of aromatic nitrogens is 2. The largest absolute Gasteiger partial charge is 0.396 e. The maximum absolute atomic E-state index is 11.6. The Hall–Kier alpha value is -1.61. The minimum atomic E-state index is -3.31. The number of sulfonamides is 1. The van der Waals surface area contributed by atoms with Crippen molar-refractivity contribution in [2.24, 2.45) is 0 Å². The van der Waals surface area contributed by atoms with Crippen LogP contribution in [-0.2, 0) is 21.4 Å². The smallest absolute Gasteiger partial charge is 0.241 e. The highest BCUT2D eigenvalue weighted by Crippen LogP contribution is 2.14. The zero-order chi connectivity index (χ0) is 14.6. The van der Waals surface area contributed by atoms with Gasteiger partial charge in [0.25, 0.3) is 0 Å². The molecule has 0 saturated carbocycles. The predicted molar refractivity (Wildman–Crippen MR) is 72.0 cm³/mol. The lowest BCUT2D eigenvalue weighted by Crippen LogP contribution is -2.35. The van der Waals surface area contributed by atoms with Crippen molar-refractivity contribution in [2.45, 2.75) is 20.4 Å². The van der Waals surface area contributed by atoms with E-state index in [2.05, 4.69) is 15.1 Å². The Labute approximate surface area is 112 Å². The molecule has 4 N–H and O–H groups in total. The Morgan fingerprint density at radius 1 is 1.42 bits per heavy atom. The third kappa shape index (κ3) is 4.21. The summed E-state index contributed by atoms with van der Waals surface area (Å²) < 4.78 is 26.0. The van der Waals surface area contributed by atoms with Crippen molar-refractivity contribution in [2.75, 3.05) is 25.1 Å². The molecule has 0 unspecified atom stereocenters. The topological polar surface area (TPSA) is 119 Å². The predicted octanol–water partition coefficient (Wildman–Crippen LogP) is -1.25. The fourth-order valence-corrected chi connectivity index (χ4v) is 2.06. The van der Waals surface area contributed by atoms with E-state index in [0.29, 0.717) is 11.4 Å². The first-order chi connectivity index (χ1) is 8.76. The highest BCUT2D eigenvalue weighted by Gasteiger charge is 2.12. The van der Waals surface area contributed by atoms with Crippen LogP contribution < -0.4 is 15.8 Å². The van der Waals surface area contributed by atoms with Crippen LogP contribution in [0.1, 0.15) is 11.4 Å². The van der Waals surface area contributed by atoms with Crippen molar-refractivity contribution in [3.8, 4) is 0 Å². The number of carbonyl (C=O) groups excluding carboxylic acids is 1. The quantitative estimate of drug-likeness (QED) is 0.604. The molecule has 0 bridgehead atoms. The molecule has 0 aliphatic heterocycles. The van der Waals surface area contributed by atoms with E-state index >= 15 is 0 Å². The van der Waals surface area contributed by atoms with Crippen LogP contribution in [0.2, 0.25) is 0 Å². The summed E-state index contributed by atoms with van der Waals surface area (Å²) in [7, 11) is -1.98. The van der Waals surface area contributed by atoms with Gasteiger partial charge in [-0.1, -0.05) is 0 Å². The number of anilines is 1. The Morgan fingerprint density at radius 3 is 2.53 bits per heavy atom. The van der Waals surface area contributed by atoms with E-state index in [9.17, 15) is 13.2 Å². The van der Waals surface area contributed by atoms with Crippen LogP contribution in [0.4, 0.5) is 5.69 Å². The number of rotatable bonds is 6. The van der Waals surface area contributed by atoms with Crippen molar-refractivity contribution in [1.82, 2.24) is 19.8 Å². The Bertz CT molecular complexity index is 564. The lowest BCUT2D eigenvalue weighted by atomic mass is 10.3. The van der Waals surface area contributed by atoms with Gasteiger partial charge in [-0.05, 0) is 20.9 Å². The van der Waals surface area contributed by atoms with E-state index in [0.717, 1.165) is 5.69 Å². The Kier molecular flexibility index (Phi) is 4.90. The molecular weight excluding hydrogens is 270 g/mol. The second-order valence-electron chi connectivity index (χ2n) is 4.12. The number of nitrogens with one attached hydrogen (secondary N) is 2. The molecule has 0 aliphatic carbocycles. The lowest BCUT2D eigenvalue weighted by molar-refractivity contribution is -0.121. The van der Waals surface area contributed by atoms with E-state index in [1.807, 2.05) is 0 Å². The SMILES string of the molecule is CNS(=O)(=O)CCNC(=O)Cn1nc(C)c(N)c1C. The van der Waals surface area contributed by atoms with Crippen LogP contribution in [0.15, 0.2) is 0 Å². The number of nitrogen functional groups attached to an aromatic ring is 1. The van der Waals surface area contributed by atoms with Gasteiger partial charge in [-0.2, -0.15) is 5.10 Å². The molecule has 0 radical (unpaired) electrons. The van der Waals surface area contributed by atoms with Crippen molar-refractivity contribution < 1.29 is 13.2 Å². The minimum Gasteiger partial charge on any atom is -0.396 e. The average molecular weight is 289 g/mol. The number of hydrogen-bond donors (Lipinski definition) is 3. The molecule has 1 amide bonds. The zero-order valence-corrected chi connectivity index (χ0v) is 12.0. The van der Waals surface area contributed by atoms with E-state index < -0.39 is 10.0 Å². The number of aryl methyl sites for hydroxylation is 1. The van der Waals surface area contributed by atoms with Crippen molar-refractivity contribution in [1.29, 1.82) is 0 Å². The summed E-state index contributed by atoms with van der Waals surface area (Å²) >= 11 is 0. The van der Waals surface area contributed by atoms with Crippen molar-refractivity contribution in [3.05, 3.63) is 11.4 Å². The van der Waals surface area contributed by atoms with Gasteiger partial charge in [0.15, 0.2) is 0 Å². The third-order valence-corrected chi connectivity index (χ3v) is 4.10. The van der Waals surface area contributed by atoms with Crippen LogP contribution in [-0.4, -0.2) is 43.5 Å². The Balaban J connectivity index is 2.50. The van der Waals surface area contributed by atoms with Crippen LogP contribution in [0, 0.1) is 13.8 Å². The summed E-state index contributed by atoms with van der Waals surface area (Å²) in [6.07, 6.45) is 0. The van der Waals surface area contributed by atoms with Gasteiger partial charge in [0, 0.05) is 6.54 Å². The first-order valence-electron chi connectivity index (χ1n) is 5.74. The standard InChI is InChI=1S/C10H19N5O3S/c1-7-10(11)8(2)15(14-7)6-9(16)13-4-5-19(17,18)12-3/h12H,4-6,11H2,1-3H3,(H,13,16). The molecule has 0 aromatic carbocycles. The number of hydrogen-bond acceptors (Lipinski definition) is 5.